The van der Waals surface area contributed by atoms with E-state index in [2.05, 4.69) is 0 Å². The average Bonchev–Trinajstić information content (AvgIpc) is 2.25. The van der Waals surface area contributed by atoms with Gasteiger partial charge in [0, 0.05) is 12.5 Å². The van der Waals surface area contributed by atoms with Gasteiger partial charge < -0.3 is 9.53 Å². The van der Waals surface area contributed by atoms with E-state index in [0.717, 1.165) is 5.56 Å². The topological polar surface area (TPSA) is 69.4 Å². The Morgan fingerprint density at radius 1 is 1.47 bits per heavy atom. The zero-order chi connectivity index (χ0) is 12.8. The Morgan fingerprint density at radius 3 is 2.76 bits per heavy atom. The lowest BCUT2D eigenvalue weighted by Crippen LogP contribution is -2.03. The summed E-state index contributed by atoms with van der Waals surface area (Å²) in [7, 11) is 0. The summed E-state index contributed by atoms with van der Waals surface area (Å²) in [6.45, 7) is 3.58. The Labute approximate surface area is 99.5 Å². The first-order valence-corrected chi connectivity index (χ1v) is 5.38. The summed E-state index contributed by atoms with van der Waals surface area (Å²) in [5, 5.41) is 10.8. The van der Waals surface area contributed by atoms with Crippen LogP contribution in [0, 0.1) is 17.0 Å². The number of hydrogen-bond donors (Lipinski definition) is 0. The van der Waals surface area contributed by atoms with Crippen molar-refractivity contribution in [1.82, 2.24) is 0 Å². The Hall–Kier alpha value is -1.91. The molecular weight excluding hydrogens is 222 g/mol. The van der Waals surface area contributed by atoms with Crippen LogP contribution in [-0.2, 0) is 4.79 Å². The van der Waals surface area contributed by atoms with Crippen molar-refractivity contribution in [2.24, 2.45) is 0 Å². The van der Waals surface area contributed by atoms with Crippen molar-refractivity contribution >= 4 is 11.5 Å². The van der Waals surface area contributed by atoms with Gasteiger partial charge in [0.1, 0.15) is 5.78 Å². The number of ether oxygens (including phenoxy) is 1. The van der Waals surface area contributed by atoms with Crippen molar-refractivity contribution < 1.29 is 14.5 Å². The van der Waals surface area contributed by atoms with Crippen molar-refractivity contribution in [3.05, 3.63) is 33.9 Å². The summed E-state index contributed by atoms with van der Waals surface area (Å²) in [5.41, 5.74) is 0.690. The summed E-state index contributed by atoms with van der Waals surface area (Å²) >= 11 is 0. The molecule has 5 nitrogen and oxygen atoms in total. The number of nitrogens with zero attached hydrogens (tertiary/aromatic N) is 1. The van der Waals surface area contributed by atoms with Crippen molar-refractivity contribution in [1.29, 1.82) is 0 Å². The van der Waals surface area contributed by atoms with Crippen LogP contribution in [0.15, 0.2) is 18.2 Å². The molecule has 0 spiro atoms. The van der Waals surface area contributed by atoms with Crippen LogP contribution in [0.3, 0.4) is 0 Å². The molecule has 5 heteroatoms. The number of nitro benzene ring substituents is 1. The second kappa shape index (κ2) is 5.98. The molecule has 17 heavy (non-hydrogen) atoms. The smallest absolute Gasteiger partial charge is 0.311 e. The number of nitro groups is 1. The third-order valence-electron chi connectivity index (χ3n) is 2.31. The predicted molar refractivity (Wildman–Crippen MR) is 63.2 cm³/mol. The van der Waals surface area contributed by atoms with Gasteiger partial charge in [-0.05, 0) is 25.8 Å². The number of carbonyl (C=O) groups is 1. The largest absolute Gasteiger partial charge is 0.487 e. The second-order valence-corrected chi connectivity index (χ2v) is 3.83. The minimum atomic E-state index is -0.465. The molecule has 0 aliphatic carbocycles. The third-order valence-corrected chi connectivity index (χ3v) is 2.31. The van der Waals surface area contributed by atoms with E-state index in [4.69, 9.17) is 4.74 Å². The number of benzene rings is 1. The lowest BCUT2D eigenvalue weighted by molar-refractivity contribution is -0.385. The fraction of sp³-hybridized carbons (Fsp3) is 0.417. The molecule has 0 bridgehead atoms. The SMILES string of the molecule is CC(=O)CCCOc1c(C)cccc1[N+](=O)[O-]. The van der Waals surface area contributed by atoms with Gasteiger partial charge in [0.25, 0.3) is 0 Å². The molecule has 0 atom stereocenters. The molecule has 0 saturated heterocycles. The first-order chi connectivity index (χ1) is 8.02. The number of Topliss-reactive ketones (excluding diaryl/α,β-unsaturated/α-hetero) is 1. The van der Waals surface area contributed by atoms with Crippen LogP contribution >= 0.6 is 0 Å². The minimum absolute atomic E-state index is 0.0344. The van der Waals surface area contributed by atoms with Crippen molar-refractivity contribution in [3.8, 4) is 5.75 Å². The average molecular weight is 237 g/mol. The van der Waals surface area contributed by atoms with Crippen LogP contribution in [0.2, 0.25) is 0 Å². The fourth-order valence-electron chi connectivity index (χ4n) is 1.46. The molecule has 0 N–H and O–H groups in total. The Kier molecular flexibility index (Phi) is 4.63. The van der Waals surface area contributed by atoms with Crippen LogP contribution in [0.1, 0.15) is 25.3 Å². The van der Waals surface area contributed by atoms with Crippen LogP contribution < -0.4 is 4.74 Å². The molecule has 0 aliphatic heterocycles. The van der Waals surface area contributed by atoms with Gasteiger partial charge in [-0.15, -0.1) is 0 Å². The van der Waals surface area contributed by atoms with Gasteiger partial charge in [-0.2, -0.15) is 0 Å². The molecule has 0 radical (unpaired) electrons. The van der Waals surface area contributed by atoms with E-state index < -0.39 is 4.92 Å². The fourth-order valence-corrected chi connectivity index (χ4v) is 1.46. The van der Waals surface area contributed by atoms with Crippen LogP contribution in [0.25, 0.3) is 0 Å². The maximum absolute atomic E-state index is 10.8. The summed E-state index contributed by atoms with van der Waals surface area (Å²) in [4.78, 5) is 21.1. The Bertz CT molecular complexity index is 429. The molecule has 0 aromatic heterocycles. The van der Waals surface area contributed by atoms with Gasteiger partial charge in [-0.3, -0.25) is 10.1 Å². The van der Waals surface area contributed by atoms with Crippen LogP contribution in [0.5, 0.6) is 5.75 Å². The van der Waals surface area contributed by atoms with E-state index in [9.17, 15) is 14.9 Å². The molecule has 0 saturated carbocycles. The van der Waals surface area contributed by atoms with E-state index >= 15 is 0 Å². The molecule has 0 heterocycles. The number of hydrogen-bond acceptors (Lipinski definition) is 4. The highest BCUT2D eigenvalue weighted by molar-refractivity contribution is 5.75. The third kappa shape index (κ3) is 3.86. The Morgan fingerprint density at radius 2 is 2.18 bits per heavy atom. The Balaban J connectivity index is 2.69. The number of aryl methyl sites for hydroxylation is 1. The van der Waals surface area contributed by atoms with E-state index in [-0.39, 0.29) is 11.5 Å². The summed E-state index contributed by atoms with van der Waals surface area (Å²) in [6, 6.07) is 4.79. The first-order valence-electron chi connectivity index (χ1n) is 5.38. The highest BCUT2D eigenvalue weighted by Gasteiger charge is 2.16. The standard InChI is InChI=1S/C12H15NO4/c1-9-5-3-7-11(13(15)16)12(9)17-8-4-6-10(2)14/h3,5,7H,4,6,8H2,1-2H3. The minimum Gasteiger partial charge on any atom is -0.487 e. The number of ketones is 1. The van der Waals surface area contributed by atoms with E-state index in [1.54, 1.807) is 19.1 Å². The molecule has 0 fully saturated rings. The van der Waals surface area contributed by atoms with Gasteiger partial charge in [-0.25, -0.2) is 0 Å². The zero-order valence-corrected chi connectivity index (χ0v) is 9.93. The highest BCUT2D eigenvalue weighted by Crippen LogP contribution is 2.30. The number of rotatable bonds is 6. The zero-order valence-electron chi connectivity index (χ0n) is 9.93. The van der Waals surface area contributed by atoms with Crippen LogP contribution in [-0.4, -0.2) is 17.3 Å². The predicted octanol–water partition coefficient (Wildman–Crippen LogP) is 2.65. The molecule has 1 rings (SSSR count). The molecule has 1 aromatic carbocycles. The van der Waals surface area contributed by atoms with E-state index in [1.165, 1.54) is 13.0 Å². The quantitative estimate of drug-likeness (QED) is 0.433. The molecule has 0 amide bonds. The monoisotopic (exact) mass is 237 g/mol. The normalized spacial score (nSPS) is 10.0. The van der Waals surface area contributed by atoms with Gasteiger partial charge in [0.2, 0.25) is 0 Å². The van der Waals surface area contributed by atoms with Gasteiger partial charge in [0.15, 0.2) is 5.75 Å². The molecular formula is C12H15NO4. The van der Waals surface area contributed by atoms with E-state index in [0.29, 0.717) is 25.2 Å². The van der Waals surface area contributed by atoms with Gasteiger partial charge in [-0.1, -0.05) is 12.1 Å². The van der Waals surface area contributed by atoms with Crippen molar-refractivity contribution in [2.75, 3.05) is 6.61 Å². The molecule has 0 aliphatic rings. The highest BCUT2D eigenvalue weighted by atomic mass is 16.6. The first kappa shape index (κ1) is 13.2. The van der Waals surface area contributed by atoms with Crippen LogP contribution in [0.4, 0.5) is 5.69 Å². The maximum atomic E-state index is 10.8. The molecule has 92 valence electrons. The lowest BCUT2D eigenvalue weighted by atomic mass is 10.2. The summed E-state index contributed by atoms with van der Waals surface area (Å²) in [6.07, 6.45) is 1.00. The molecule has 0 unspecified atom stereocenters. The molecule has 1 aromatic rings. The van der Waals surface area contributed by atoms with Crippen molar-refractivity contribution in [3.63, 3.8) is 0 Å². The second-order valence-electron chi connectivity index (χ2n) is 3.83. The lowest BCUT2D eigenvalue weighted by Gasteiger charge is -2.08. The number of carbonyl (C=O) groups excluding carboxylic acids is 1. The van der Waals surface area contributed by atoms with Gasteiger partial charge in [0.05, 0.1) is 11.5 Å². The van der Waals surface area contributed by atoms with Gasteiger partial charge >= 0.3 is 5.69 Å². The number of para-hydroxylation sites is 1. The summed E-state index contributed by atoms with van der Waals surface area (Å²) < 4.78 is 5.39. The maximum Gasteiger partial charge on any atom is 0.311 e. The van der Waals surface area contributed by atoms with Crippen molar-refractivity contribution in [2.45, 2.75) is 26.7 Å². The summed E-state index contributed by atoms with van der Waals surface area (Å²) in [5.74, 6) is 0.383. The van der Waals surface area contributed by atoms with E-state index in [1.807, 2.05) is 0 Å².